The lowest BCUT2D eigenvalue weighted by molar-refractivity contribution is 0.470. The zero-order chi connectivity index (χ0) is 19.9. The topological polar surface area (TPSA) is 60.8 Å². The van der Waals surface area contributed by atoms with Crippen LogP contribution in [0.5, 0.6) is 11.6 Å². The Morgan fingerprint density at radius 2 is 1.75 bits per heavy atom. The summed E-state index contributed by atoms with van der Waals surface area (Å²) in [5.74, 6) is 1.14. The highest BCUT2D eigenvalue weighted by Gasteiger charge is 2.13. The molecule has 6 heteroatoms. The Bertz CT molecular complexity index is 1080. The lowest BCUT2D eigenvalue weighted by atomic mass is 10.1. The molecule has 0 fully saturated rings. The van der Waals surface area contributed by atoms with Crippen molar-refractivity contribution in [3.8, 4) is 22.9 Å². The average Bonchev–Trinajstić information content (AvgIpc) is 2.76. The largest absolute Gasteiger partial charge is 0.438 e. The van der Waals surface area contributed by atoms with Crippen LogP contribution in [0.2, 0.25) is 5.15 Å². The Kier molecular flexibility index (Phi) is 6.50. The molecular formula is C22H21ClN4O. The van der Waals surface area contributed by atoms with Gasteiger partial charge in [-0.05, 0) is 36.8 Å². The van der Waals surface area contributed by atoms with E-state index in [1.165, 1.54) is 0 Å². The summed E-state index contributed by atoms with van der Waals surface area (Å²) in [4.78, 5) is 17.1. The van der Waals surface area contributed by atoms with E-state index in [-0.39, 0.29) is 0 Å². The maximum Gasteiger partial charge on any atom is 0.228 e. The molecule has 0 aliphatic heterocycles. The summed E-state index contributed by atoms with van der Waals surface area (Å²) >= 11 is 6.19. The van der Waals surface area contributed by atoms with Gasteiger partial charge in [-0.2, -0.15) is 0 Å². The molecule has 0 N–H and O–H groups in total. The molecule has 4 rings (SSSR count). The van der Waals surface area contributed by atoms with Crippen LogP contribution in [-0.4, -0.2) is 19.9 Å². The summed E-state index contributed by atoms with van der Waals surface area (Å²) in [6.07, 6.45) is 5.75. The molecule has 4 aromatic rings. The number of rotatable bonds is 4. The van der Waals surface area contributed by atoms with Crippen molar-refractivity contribution in [3.05, 3.63) is 72.0 Å². The molecule has 0 radical (unpaired) electrons. The van der Waals surface area contributed by atoms with E-state index in [4.69, 9.17) is 16.3 Å². The summed E-state index contributed by atoms with van der Waals surface area (Å²) in [6, 6.07) is 13.3. The van der Waals surface area contributed by atoms with Crippen LogP contribution in [0.1, 0.15) is 26.5 Å². The average molecular weight is 393 g/mol. The van der Waals surface area contributed by atoms with Gasteiger partial charge in [-0.1, -0.05) is 44.5 Å². The van der Waals surface area contributed by atoms with Crippen LogP contribution in [0.3, 0.4) is 0 Å². The van der Waals surface area contributed by atoms with Crippen LogP contribution >= 0.6 is 11.6 Å². The predicted molar refractivity (Wildman–Crippen MR) is 113 cm³/mol. The molecule has 0 spiro atoms. The van der Waals surface area contributed by atoms with Crippen molar-refractivity contribution in [2.24, 2.45) is 0 Å². The van der Waals surface area contributed by atoms with E-state index in [1.807, 2.05) is 56.3 Å². The van der Waals surface area contributed by atoms with E-state index in [0.717, 1.165) is 34.1 Å². The van der Waals surface area contributed by atoms with E-state index in [0.29, 0.717) is 16.8 Å². The Labute approximate surface area is 169 Å². The monoisotopic (exact) mass is 392 g/mol. The van der Waals surface area contributed by atoms with Gasteiger partial charge in [0.05, 0.1) is 11.3 Å². The highest BCUT2D eigenvalue weighted by atomic mass is 35.5. The number of aromatic nitrogens is 4. The van der Waals surface area contributed by atoms with E-state index < -0.39 is 0 Å². The number of fused-ring (bicyclic) bond motifs is 1. The van der Waals surface area contributed by atoms with Gasteiger partial charge in [0, 0.05) is 28.9 Å². The second kappa shape index (κ2) is 9.24. The smallest absolute Gasteiger partial charge is 0.228 e. The SMILES string of the molecule is CC.CCc1cc(-c2cccnc2Oc2cccc3c(Cl)nccc23)ncn1. The Morgan fingerprint density at radius 1 is 0.893 bits per heavy atom. The van der Waals surface area contributed by atoms with Crippen LogP contribution < -0.4 is 4.74 Å². The Morgan fingerprint density at radius 3 is 2.57 bits per heavy atom. The Balaban J connectivity index is 0.00000109. The molecule has 0 bridgehead atoms. The minimum atomic E-state index is 0.442. The first-order chi connectivity index (χ1) is 13.8. The quantitative estimate of drug-likeness (QED) is 0.391. The maximum absolute atomic E-state index is 6.19. The van der Waals surface area contributed by atoms with Crippen LogP contribution in [0.25, 0.3) is 22.0 Å². The molecule has 0 aliphatic carbocycles. The van der Waals surface area contributed by atoms with Crippen molar-refractivity contribution in [3.63, 3.8) is 0 Å². The van der Waals surface area contributed by atoms with Crippen LogP contribution in [0.4, 0.5) is 0 Å². The molecule has 0 unspecified atom stereocenters. The second-order valence-corrected chi connectivity index (χ2v) is 6.02. The van der Waals surface area contributed by atoms with Crippen LogP contribution in [-0.2, 0) is 6.42 Å². The molecule has 1 aromatic carbocycles. The van der Waals surface area contributed by atoms with Crippen LogP contribution in [0.15, 0.2) is 61.2 Å². The molecule has 3 heterocycles. The summed E-state index contributed by atoms with van der Waals surface area (Å²) in [5.41, 5.74) is 2.55. The third-order valence-electron chi connectivity index (χ3n) is 4.06. The number of halogens is 1. The number of pyridine rings is 2. The minimum Gasteiger partial charge on any atom is -0.438 e. The van der Waals surface area contributed by atoms with Gasteiger partial charge in [-0.25, -0.2) is 19.9 Å². The van der Waals surface area contributed by atoms with E-state index in [1.54, 1.807) is 18.7 Å². The van der Waals surface area contributed by atoms with Crippen molar-refractivity contribution in [1.82, 2.24) is 19.9 Å². The summed E-state index contributed by atoms with van der Waals surface area (Å²) < 4.78 is 6.15. The fourth-order valence-electron chi connectivity index (χ4n) is 2.74. The molecular weight excluding hydrogens is 372 g/mol. The second-order valence-electron chi connectivity index (χ2n) is 5.66. The number of aryl methyl sites for hydroxylation is 1. The lowest BCUT2D eigenvalue weighted by Crippen LogP contribution is -1.96. The van der Waals surface area contributed by atoms with Crippen molar-refractivity contribution < 1.29 is 4.74 Å². The summed E-state index contributed by atoms with van der Waals surface area (Å²) in [6.45, 7) is 6.06. The van der Waals surface area contributed by atoms with Gasteiger partial charge in [0.25, 0.3) is 0 Å². The molecule has 0 saturated heterocycles. The first-order valence-electron chi connectivity index (χ1n) is 9.23. The molecule has 5 nitrogen and oxygen atoms in total. The molecule has 0 aliphatic rings. The number of nitrogens with zero attached hydrogens (tertiary/aromatic N) is 4. The van der Waals surface area contributed by atoms with E-state index in [9.17, 15) is 0 Å². The highest BCUT2D eigenvalue weighted by molar-refractivity contribution is 6.34. The van der Waals surface area contributed by atoms with Gasteiger partial charge in [-0.15, -0.1) is 0 Å². The van der Waals surface area contributed by atoms with Crippen molar-refractivity contribution in [2.45, 2.75) is 27.2 Å². The van der Waals surface area contributed by atoms with Gasteiger partial charge in [0.15, 0.2) is 0 Å². The molecule has 0 amide bonds. The lowest BCUT2D eigenvalue weighted by Gasteiger charge is -2.12. The third kappa shape index (κ3) is 4.10. The summed E-state index contributed by atoms with van der Waals surface area (Å²) in [5, 5.41) is 2.15. The van der Waals surface area contributed by atoms with E-state index in [2.05, 4.69) is 26.9 Å². The van der Waals surface area contributed by atoms with Gasteiger partial charge in [-0.3, -0.25) is 0 Å². The Hall–Kier alpha value is -3.05. The van der Waals surface area contributed by atoms with Gasteiger partial charge in [0.1, 0.15) is 17.2 Å². The maximum atomic E-state index is 6.19. The molecule has 142 valence electrons. The van der Waals surface area contributed by atoms with Crippen molar-refractivity contribution in [1.29, 1.82) is 0 Å². The molecule has 0 saturated carbocycles. The zero-order valence-electron chi connectivity index (χ0n) is 16.1. The fourth-order valence-corrected chi connectivity index (χ4v) is 2.96. The third-order valence-corrected chi connectivity index (χ3v) is 4.36. The molecule has 28 heavy (non-hydrogen) atoms. The van der Waals surface area contributed by atoms with Crippen molar-refractivity contribution >= 4 is 22.4 Å². The molecule has 0 atom stereocenters. The van der Waals surface area contributed by atoms with E-state index >= 15 is 0 Å². The molecule has 3 aromatic heterocycles. The minimum absolute atomic E-state index is 0.442. The fraction of sp³-hybridized carbons (Fsp3) is 0.182. The number of hydrogen-bond donors (Lipinski definition) is 0. The predicted octanol–water partition coefficient (Wildman–Crippen LogP) is 6.12. The standard InChI is InChI=1S/C20H15ClN4O.C2H6/c1-2-13-11-17(25-12-24-13)16-6-4-9-23-20(16)26-18-7-3-5-15-14(18)8-10-22-19(15)21;1-2/h3-12H,2H2,1H3;1-2H3. The summed E-state index contributed by atoms with van der Waals surface area (Å²) in [7, 11) is 0. The normalized spacial score (nSPS) is 10.3. The number of benzene rings is 1. The number of hydrogen-bond acceptors (Lipinski definition) is 5. The highest BCUT2D eigenvalue weighted by Crippen LogP contribution is 2.35. The van der Waals surface area contributed by atoms with Crippen LogP contribution in [0, 0.1) is 0 Å². The van der Waals surface area contributed by atoms with Gasteiger partial charge < -0.3 is 4.74 Å². The first kappa shape index (κ1) is 19.7. The zero-order valence-corrected chi connectivity index (χ0v) is 16.8. The first-order valence-corrected chi connectivity index (χ1v) is 9.61. The van der Waals surface area contributed by atoms with Gasteiger partial charge >= 0.3 is 0 Å². The van der Waals surface area contributed by atoms with Crippen molar-refractivity contribution in [2.75, 3.05) is 0 Å². The number of ether oxygens (including phenoxy) is 1. The van der Waals surface area contributed by atoms with Gasteiger partial charge in [0.2, 0.25) is 5.88 Å².